The van der Waals surface area contributed by atoms with E-state index in [2.05, 4.69) is 20.8 Å². The molecule has 3 rings (SSSR count). The van der Waals surface area contributed by atoms with Crippen LogP contribution in [0.1, 0.15) is 54.4 Å². The van der Waals surface area contributed by atoms with E-state index >= 15 is 0 Å². The molecule has 0 bridgehead atoms. The van der Waals surface area contributed by atoms with Gasteiger partial charge in [-0.25, -0.2) is 0 Å². The molecular formula is C17H22BrNO. The molecule has 0 N–H and O–H groups in total. The lowest BCUT2D eigenvalue weighted by molar-refractivity contribution is 0.0390. The van der Waals surface area contributed by atoms with Crippen LogP contribution >= 0.6 is 15.9 Å². The summed E-state index contributed by atoms with van der Waals surface area (Å²) < 4.78 is 0. The van der Waals surface area contributed by atoms with Crippen LogP contribution in [0.2, 0.25) is 0 Å². The number of amides is 1. The lowest BCUT2D eigenvalue weighted by atomic mass is 9.78. The average Bonchev–Trinajstić information content (AvgIpc) is 2.54. The van der Waals surface area contributed by atoms with E-state index < -0.39 is 0 Å². The minimum Gasteiger partial charge on any atom is -0.335 e. The molecule has 1 amide bonds. The third kappa shape index (κ3) is 2.78. The Morgan fingerprint density at radius 1 is 1.10 bits per heavy atom. The molecule has 1 aromatic carbocycles. The van der Waals surface area contributed by atoms with Crippen molar-refractivity contribution in [3.05, 3.63) is 35.4 Å². The summed E-state index contributed by atoms with van der Waals surface area (Å²) in [5.74, 6) is 0.992. The van der Waals surface area contributed by atoms with Crippen molar-refractivity contribution in [2.24, 2.45) is 5.92 Å². The maximum Gasteiger partial charge on any atom is 0.254 e. The summed E-state index contributed by atoms with van der Waals surface area (Å²) in [7, 11) is 0. The Hall–Kier alpha value is -0.830. The van der Waals surface area contributed by atoms with E-state index in [1.807, 2.05) is 24.3 Å². The van der Waals surface area contributed by atoms with Crippen LogP contribution in [0.3, 0.4) is 0 Å². The third-order valence-electron chi connectivity index (χ3n) is 4.86. The van der Waals surface area contributed by atoms with Gasteiger partial charge in [-0.2, -0.15) is 0 Å². The van der Waals surface area contributed by atoms with E-state index in [1.165, 1.54) is 44.1 Å². The number of alkyl halides is 1. The van der Waals surface area contributed by atoms with Gasteiger partial charge in [0.15, 0.2) is 0 Å². The summed E-state index contributed by atoms with van der Waals surface area (Å²) in [6.45, 7) is 0.945. The molecule has 2 atom stereocenters. The molecule has 1 aliphatic heterocycles. The first-order valence-electron chi connectivity index (χ1n) is 7.75. The Bertz CT molecular complexity index is 468. The van der Waals surface area contributed by atoms with E-state index in [-0.39, 0.29) is 5.91 Å². The van der Waals surface area contributed by atoms with E-state index in [4.69, 9.17) is 0 Å². The first-order valence-corrected chi connectivity index (χ1v) is 8.87. The van der Waals surface area contributed by atoms with E-state index in [1.54, 1.807) is 0 Å². The molecule has 3 heteroatoms. The highest BCUT2D eigenvalue weighted by molar-refractivity contribution is 9.08. The number of halogens is 1. The topological polar surface area (TPSA) is 20.3 Å². The number of rotatable bonds is 2. The van der Waals surface area contributed by atoms with Crippen LogP contribution in [-0.4, -0.2) is 23.4 Å². The molecule has 1 saturated carbocycles. The second-order valence-electron chi connectivity index (χ2n) is 6.08. The zero-order valence-electron chi connectivity index (χ0n) is 11.9. The van der Waals surface area contributed by atoms with E-state index in [9.17, 15) is 4.79 Å². The molecule has 0 aromatic heterocycles. The van der Waals surface area contributed by atoms with E-state index in [0.29, 0.717) is 6.04 Å². The van der Waals surface area contributed by atoms with Crippen molar-refractivity contribution in [1.29, 1.82) is 0 Å². The molecule has 1 heterocycles. The molecule has 108 valence electrons. The van der Waals surface area contributed by atoms with Crippen molar-refractivity contribution < 1.29 is 4.79 Å². The van der Waals surface area contributed by atoms with Gasteiger partial charge >= 0.3 is 0 Å². The van der Waals surface area contributed by atoms with Crippen molar-refractivity contribution in [3.8, 4) is 0 Å². The monoisotopic (exact) mass is 335 g/mol. The average molecular weight is 336 g/mol. The van der Waals surface area contributed by atoms with Gasteiger partial charge in [0.05, 0.1) is 0 Å². The zero-order valence-corrected chi connectivity index (χ0v) is 13.4. The molecule has 2 nitrogen and oxygen atoms in total. The van der Waals surface area contributed by atoms with Crippen molar-refractivity contribution in [1.82, 2.24) is 4.90 Å². The highest BCUT2D eigenvalue weighted by Gasteiger charge is 2.35. The molecule has 0 spiro atoms. The van der Waals surface area contributed by atoms with Gasteiger partial charge in [-0.1, -0.05) is 40.9 Å². The number of hydrogen-bond donors (Lipinski definition) is 0. The number of nitrogens with zero attached hydrogens (tertiary/aromatic N) is 1. The van der Waals surface area contributed by atoms with Gasteiger partial charge in [0.25, 0.3) is 5.91 Å². The SMILES string of the molecule is O=C(c1ccc(CBr)cc1)N1CCCC2CCCCC21. The molecule has 1 aliphatic carbocycles. The molecule has 20 heavy (non-hydrogen) atoms. The lowest BCUT2D eigenvalue weighted by Gasteiger charge is -2.44. The van der Waals surface area contributed by atoms with Crippen LogP contribution in [0.25, 0.3) is 0 Å². The van der Waals surface area contributed by atoms with Crippen LogP contribution in [0.5, 0.6) is 0 Å². The fourth-order valence-corrected chi connectivity index (χ4v) is 4.15. The van der Waals surface area contributed by atoms with Crippen LogP contribution in [0, 0.1) is 5.92 Å². The molecule has 0 radical (unpaired) electrons. The largest absolute Gasteiger partial charge is 0.335 e. The van der Waals surface area contributed by atoms with Gasteiger partial charge in [-0.3, -0.25) is 4.79 Å². The summed E-state index contributed by atoms with van der Waals surface area (Å²) in [5, 5.41) is 0.843. The number of fused-ring (bicyclic) bond motifs is 1. The number of piperidine rings is 1. The van der Waals surface area contributed by atoms with E-state index in [0.717, 1.165) is 23.4 Å². The second-order valence-corrected chi connectivity index (χ2v) is 6.64. The van der Waals surface area contributed by atoms with Gasteiger partial charge < -0.3 is 4.90 Å². The van der Waals surface area contributed by atoms with Gasteiger partial charge in [-0.05, 0) is 49.3 Å². The predicted octanol–water partition coefficient (Wildman–Crippen LogP) is 4.38. The zero-order chi connectivity index (χ0) is 13.9. The molecule has 2 unspecified atom stereocenters. The quantitative estimate of drug-likeness (QED) is 0.734. The molecule has 1 saturated heterocycles. The fourth-order valence-electron chi connectivity index (χ4n) is 3.78. The Morgan fingerprint density at radius 3 is 2.55 bits per heavy atom. The Balaban J connectivity index is 1.77. The molecule has 2 fully saturated rings. The molecule has 1 aromatic rings. The maximum atomic E-state index is 12.8. The fraction of sp³-hybridized carbons (Fsp3) is 0.588. The van der Waals surface area contributed by atoms with Crippen LogP contribution < -0.4 is 0 Å². The summed E-state index contributed by atoms with van der Waals surface area (Å²) >= 11 is 3.45. The van der Waals surface area contributed by atoms with Crippen LogP contribution in [-0.2, 0) is 5.33 Å². The first-order chi connectivity index (χ1) is 9.79. The smallest absolute Gasteiger partial charge is 0.254 e. The predicted molar refractivity (Wildman–Crippen MR) is 85.1 cm³/mol. The number of benzene rings is 1. The van der Waals surface area contributed by atoms with Crippen molar-refractivity contribution >= 4 is 21.8 Å². The highest BCUT2D eigenvalue weighted by Crippen LogP contribution is 2.35. The molecule has 2 aliphatic rings. The van der Waals surface area contributed by atoms with Gasteiger partial charge in [-0.15, -0.1) is 0 Å². The number of carbonyl (C=O) groups is 1. The molecular weight excluding hydrogens is 314 g/mol. The number of likely N-dealkylation sites (tertiary alicyclic amines) is 1. The van der Waals surface area contributed by atoms with Crippen molar-refractivity contribution in [2.45, 2.75) is 49.9 Å². The third-order valence-corrected chi connectivity index (χ3v) is 5.51. The lowest BCUT2D eigenvalue weighted by Crippen LogP contribution is -2.49. The van der Waals surface area contributed by atoms with Crippen molar-refractivity contribution in [2.75, 3.05) is 6.54 Å². The Morgan fingerprint density at radius 2 is 1.80 bits per heavy atom. The van der Waals surface area contributed by atoms with Gasteiger partial charge in [0, 0.05) is 23.5 Å². The second kappa shape index (κ2) is 6.30. The Kier molecular flexibility index (Phi) is 4.45. The number of carbonyl (C=O) groups excluding carboxylic acids is 1. The summed E-state index contributed by atoms with van der Waals surface area (Å²) in [6, 6.07) is 8.55. The maximum absolute atomic E-state index is 12.8. The number of hydrogen-bond acceptors (Lipinski definition) is 1. The summed E-state index contributed by atoms with van der Waals surface area (Å²) in [4.78, 5) is 14.9. The minimum absolute atomic E-state index is 0.239. The van der Waals surface area contributed by atoms with Gasteiger partial charge in [0.1, 0.15) is 0 Å². The van der Waals surface area contributed by atoms with Crippen LogP contribution in [0.4, 0.5) is 0 Å². The normalized spacial score (nSPS) is 26.1. The Labute approximate surface area is 129 Å². The first kappa shape index (κ1) is 14.1. The summed E-state index contributed by atoms with van der Waals surface area (Å²) in [5.41, 5.74) is 2.07. The van der Waals surface area contributed by atoms with Crippen LogP contribution in [0.15, 0.2) is 24.3 Å². The van der Waals surface area contributed by atoms with Crippen molar-refractivity contribution in [3.63, 3.8) is 0 Å². The summed E-state index contributed by atoms with van der Waals surface area (Å²) in [6.07, 6.45) is 7.65. The minimum atomic E-state index is 0.239. The standard InChI is InChI=1S/C17H22BrNO/c18-12-13-7-9-15(10-8-13)17(20)19-11-3-5-14-4-1-2-6-16(14)19/h7-10,14,16H,1-6,11-12H2. The van der Waals surface area contributed by atoms with Gasteiger partial charge in [0.2, 0.25) is 0 Å². The highest BCUT2D eigenvalue weighted by atomic mass is 79.9.